The molecule has 2 aromatic heterocycles. The molecule has 4 rings (SSSR count). The predicted molar refractivity (Wildman–Crippen MR) is 103 cm³/mol. The Labute approximate surface area is 161 Å². The third kappa shape index (κ3) is 4.08. The van der Waals surface area contributed by atoms with Gasteiger partial charge >= 0.3 is 0 Å². The zero-order valence-electron chi connectivity index (χ0n) is 15.0. The van der Waals surface area contributed by atoms with Crippen LogP contribution in [-0.4, -0.2) is 47.3 Å². The second kappa shape index (κ2) is 7.99. The number of carbonyl (C=O) groups excluding carboxylic acids is 1. The molecule has 1 aliphatic heterocycles. The van der Waals surface area contributed by atoms with E-state index in [-0.39, 0.29) is 5.91 Å². The molecule has 0 bridgehead atoms. The van der Waals surface area contributed by atoms with Crippen LogP contribution >= 0.6 is 11.3 Å². The van der Waals surface area contributed by atoms with Crippen LogP contribution in [0.25, 0.3) is 11.3 Å². The number of benzene rings is 1. The number of aryl methyl sites for hydroxylation is 1. The second-order valence-corrected chi connectivity index (χ2v) is 7.17. The third-order valence-electron chi connectivity index (χ3n) is 4.40. The number of morpholine rings is 1. The summed E-state index contributed by atoms with van der Waals surface area (Å²) in [5.41, 5.74) is 2.76. The fourth-order valence-corrected chi connectivity index (χ4v) is 3.71. The summed E-state index contributed by atoms with van der Waals surface area (Å²) in [6, 6.07) is 9.52. The minimum atomic E-state index is -0.264. The molecule has 1 aliphatic rings. The van der Waals surface area contributed by atoms with Crippen molar-refractivity contribution in [3.8, 4) is 11.3 Å². The van der Waals surface area contributed by atoms with Gasteiger partial charge in [-0.25, -0.2) is 4.98 Å². The lowest BCUT2D eigenvalue weighted by molar-refractivity contribution is 0.0337. The molecule has 0 unspecified atom stereocenters. The summed E-state index contributed by atoms with van der Waals surface area (Å²) in [6.45, 7) is 5.81. The molecule has 1 fully saturated rings. The van der Waals surface area contributed by atoms with Crippen molar-refractivity contribution in [3.63, 3.8) is 0 Å². The quantitative estimate of drug-likeness (QED) is 0.728. The van der Waals surface area contributed by atoms with Crippen LogP contribution in [0.15, 0.2) is 40.2 Å². The van der Waals surface area contributed by atoms with Gasteiger partial charge in [-0.05, 0) is 6.92 Å². The number of hydrogen-bond donors (Lipinski definition) is 1. The lowest BCUT2D eigenvalue weighted by Crippen LogP contribution is -2.35. The standard InChI is InChI=1S/C19H20N4O3S/c1-13-16(17(22-26-13)14-5-3-2-4-6-14)18(24)21-19-20-15(12-27-19)11-23-7-9-25-10-8-23/h2-6,12H,7-11H2,1H3,(H,20,21,24). The summed E-state index contributed by atoms with van der Waals surface area (Å²) in [5.74, 6) is 0.219. The van der Waals surface area contributed by atoms with Crippen LogP contribution in [0, 0.1) is 6.92 Å². The average molecular weight is 384 g/mol. The number of ether oxygens (including phenoxy) is 1. The van der Waals surface area contributed by atoms with Crippen molar-refractivity contribution in [3.05, 3.63) is 52.7 Å². The van der Waals surface area contributed by atoms with Crippen molar-refractivity contribution in [2.45, 2.75) is 13.5 Å². The molecule has 8 heteroatoms. The molecular weight excluding hydrogens is 364 g/mol. The number of anilines is 1. The SMILES string of the molecule is Cc1onc(-c2ccccc2)c1C(=O)Nc1nc(CN2CCOCC2)cs1. The number of rotatable bonds is 5. The van der Waals surface area contributed by atoms with Gasteiger partial charge in [0.25, 0.3) is 5.91 Å². The Bertz CT molecular complexity index is 916. The molecule has 3 heterocycles. The fraction of sp³-hybridized carbons (Fsp3) is 0.316. The minimum absolute atomic E-state index is 0.264. The average Bonchev–Trinajstić information content (AvgIpc) is 3.29. The summed E-state index contributed by atoms with van der Waals surface area (Å²) in [6.07, 6.45) is 0. The van der Waals surface area contributed by atoms with Crippen molar-refractivity contribution in [1.82, 2.24) is 15.0 Å². The number of thiazole rings is 1. The predicted octanol–water partition coefficient (Wildman–Crippen LogP) is 3.19. The summed E-state index contributed by atoms with van der Waals surface area (Å²) in [4.78, 5) is 19.7. The van der Waals surface area contributed by atoms with Crippen LogP contribution in [0.3, 0.4) is 0 Å². The fourth-order valence-electron chi connectivity index (χ4n) is 3.02. The number of carbonyl (C=O) groups is 1. The molecule has 0 saturated carbocycles. The van der Waals surface area contributed by atoms with Crippen LogP contribution in [0.1, 0.15) is 21.8 Å². The molecule has 1 amide bonds. The molecule has 7 nitrogen and oxygen atoms in total. The number of amides is 1. The maximum atomic E-state index is 12.8. The number of hydrogen-bond acceptors (Lipinski definition) is 7. The Morgan fingerprint density at radius 2 is 2.04 bits per heavy atom. The van der Waals surface area contributed by atoms with Gasteiger partial charge in [-0.3, -0.25) is 15.0 Å². The van der Waals surface area contributed by atoms with E-state index in [1.54, 1.807) is 6.92 Å². The molecule has 1 N–H and O–H groups in total. The summed E-state index contributed by atoms with van der Waals surface area (Å²) >= 11 is 1.42. The normalized spacial score (nSPS) is 15.0. The zero-order valence-corrected chi connectivity index (χ0v) is 15.8. The maximum Gasteiger partial charge on any atom is 0.263 e. The van der Waals surface area contributed by atoms with Gasteiger partial charge in [0, 0.05) is 30.6 Å². The van der Waals surface area contributed by atoms with Crippen LogP contribution in [0.2, 0.25) is 0 Å². The highest BCUT2D eigenvalue weighted by Crippen LogP contribution is 2.26. The minimum Gasteiger partial charge on any atom is -0.379 e. The molecule has 0 radical (unpaired) electrons. The van der Waals surface area contributed by atoms with E-state index in [1.807, 2.05) is 35.7 Å². The number of nitrogens with zero attached hydrogens (tertiary/aromatic N) is 3. The van der Waals surface area contributed by atoms with Crippen molar-refractivity contribution in [2.24, 2.45) is 0 Å². The summed E-state index contributed by atoms with van der Waals surface area (Å²) in [5, 5.41) is 9.49. The first-order chi connectivity index (χ1) is 13.2. The van der Waals surface area contributed by atoms with E-state index in [2.05, 4.69) is 20.4 Å². The molecule has 0 spiro atoms. The first kappa shape index (κ1) is 17.8. The third-order valence-corrected chi connectivity index (χ3v) is 5.21. The van der Waals surface area contributed by atoms with E-state index >= 15 is 0 Å². The van der Waals surface area contributed by atoms with Crippen LogP contribution in [-0.2, 0) is 11.3 Å². The molecular formula is C19H20N4O3S. The lowest BCUT2D eigenvalue weighted by Gasteiger charge is -2.25. The van der Waals surface area contributed by atoms with Gasteiger partial charge in [-0.15, -0.1) is 11.3 Å². The van der Waals surface area contributed by atoms with Gasteiger partial charge in [-0.2, -0.15) is 0 Å². The summed E-state index contributed by atoms with van der Waals surface area (Å²) < 4.78 is 10.6. The van der Waals surface area contributed by atoms with Crippen molar-refractivity contribution >= 4 is 22.4 Å². The molecule has 140 valence electrons. The highest BCUT2D eigenvalue weighted by Gasteiger charge is 2.22. The number of aromatic nitrogens is 2. The molecule has 3 aromatic rings. The zero-order chi connectivity index (χ0) is 18.6. The van der Waals surface area contributed by atoms with Crippen molar-refractivity contribution in [1.29, 1.82) is 0 Å². The Hall–Kier alpha value is -2.55. The van der Waals surface area contributed by atoms with E-state index in [0.717, 1.165) is 44.1 Å². The Morgan fingerprint density at radius 1 is 1.26 bits per heavy atom. The lowest BCUT2D eigenvalue weighted by atomic mass is 10.1. The Balaban J connectivity index is 1.48. The largest absolute Gasteiger partial charge is 0.379 e. The summed E-state index contributed by atoms with van der Waals surface area (Å²) in [7, 11) is 0. The monoisotopic (exact) mass is 384 g/mol. The molecule has 0 atom stereocenters. The van der Waals surface area contributed by atoms with Gasteiger partial charge < -0.3 is 9.26 Å². The van der Waals surface area contributed by atoms with Crippen LogP contribution < -0.4 is 5.32 Å². The van der Waals surface area contributed by atoms with E-state index < -0.39 is 0 Å². The van der Waals surface area contributed by atoms with Crippen molar-refractivity contribution in [2.75, 3.05) is 31.6 Å². The van der Waals surface area contributed by atoms with Gasteiger partial charge in [0.15, 0.2) is 5.13 Å². The first-order valence-electron chi connectivity index (χ1n) is 8.78. The smallest absolute Gasteiger partial charge is 0.263 e. The van der Waals surface area contributed by atoms with Gasteiger partial charge in [0.05, 0.1) is 18.9 Å². The van der Waals surface area contributed by atoms with E-state index in [4.69, 9.17) is 9.26 Å². The van der Waals surface area contributed by atoms with E-state index in [0.29, 0.717) is 22.1 Å². The van der Waals surface area contributed by atoms with E-state index in [1.165, 1.54) is 11.3 Å². The number of nitrogens with one attached hydrogen (secondary N) is 1. The van der Waals surface area contributed by atoms with E-state index in [9.17, 15) is 4.79 Å². The molecule has 27 heavy (non-hydrogen) atoms. The van der Waals surface area contributed by atoms with Gasteiger partial charge in [0.2, 0.25) is 0 Å². The second-order valence-electron chi connectivity index (χ2n) is 6.32. The van der Waals surface area contributed by atoms with Gasteiger partial charge in [0.1, 0.15) is 17.0 Å². The van der Waals surface area contributed by atoms with Crippen molar-refractivity contribution < 1.29 is 14.1 Å². The highest BCUT2D eigenvalue weighted by atomic mass is 32.1. The maximum absolute atomic E-state index is 12.8. The topological polar surface area (TPSA) is 80.5 Å². The van der Waals surface area contributed by atoms with Gasteiger partial charge in [-0.1, -0.05) is 35.5 Å². The van der Waals surface area contributed by atoms with Crippen LogP contribution in [0.4, 0.5) is 5.13 Å². The Morgan fingerprint density at radius 3 is 2.81 bits per heavy atom. The molecule has 0 aliphatic carbocycles. The molecule has 1 aromatic carbocycles. The molecule has 1 saturated heterocycles. The highest BCUT2D eigenvalue weighted by molar-refractivity contribution is 7.14. The first-order valence-corrected chi connectivity index (χ1v) is 9.66. The Kier molecular flexibility index (Phi) is 5.28. The van der Waals surface area contributed by atoms with Crippen LogP contribution in [0.5, 0.6) is 0 Å².